The van der Waals surface area contributed by atoms with E-state index in [4.69, 9.17) is 11.6 Å². The van der Waals surface area contributed by atoms with Gasteiger partial charge in [0, 0.05) is 17.7 Å². The number of anilines is 1. The normalized spacial score (nSPS) is 19.0. The van der Waals surface area contributed by atoms with Gasteiger partial charge in [-0.25, -0.2) is 23.9 Å². The van der Waals surface area contributed by atoms with Gasteiger partial charge < -0.3 is 10.2 Å². The Morgan fingerprint density at radius 2 is 2.12 bits per heavy atom. The van der Waals surface area contributed by atoms with E-state index in [2.05, 4.69) is 35.4 Å². The molecule has 3 aromatic heterocycles. The molecule has 2 aliphatic heterocycles. The van der Waals surface area contributed by atoms with E-state index in [0.717, 1.165) is 18.4 Å². The van der Waals surface area contributed by atoms with Gasteiger partial charge in [-0.3, -0.25) is 4.79 Å². The summed E-state index contributed by atoms with van der Waals surface area (Å²) in [6, 6.07) is 6.56. The average Bonchev–Trinajstić information content (AvgIpc) is 3.39. The lowest BCUT2D eigenvalue weighted by atomic mass is 9.99. The topological polar surface area (TPSA) is 130 Å². The lowest BCUT2D eigenvalue weighted by Gasteiger charge is -2.35. The van der Waals surface area contributed by atoms with Crippen LogP contribution in [0.1, 0.15) is 30.1 Å². The Labute approximate surface area is 189 Å². The van der Waals surface area contributed by atoms with E-state index in [1.807, 2.05) is 0 Å². The summed E-state index contributed by atoms with van der Waals surface area (Å²) in [5.74, 6) is -0.657. The van der Waals surface area contributed by atoms with E-state index in [9.17, 15) is 14.0 Å². The van der Waals surface area contributed by atoms with Gasteiger partial charge in [0.25, 0.3) is 5.56 Å². The first-order valence-corrected chi connectivity index (χ1v) is 10.6. The monoisotopic (exact) mass is 467 g/mol. The molecule has 2 bridgehead atoms. The molecule has 0 unspecified atom stereocenters. The van der Waals surface area contributed by atoms with Crippen LogP contribution in [0.3, 0.4) is 0 Å². The minimum Gasteiger partial charge on any atom is -0.313 e. The maximum atomic E-state index is 15.0. The van der Waals surface area contributed by atoms with E-state index in [1.165, 1.54) is 18.2 Å². The Balaban J connectivity index is 1.28. The van der Waals surface area contributed by atoms with Gasteiger partial charge in [-0.05, 0) is 59.4 Å². The standard InChI is InChI=1S/C21H15ClFN7O3/c22-12-8-16(13(23)7-11(12)14-2-3-15-20(24-14)29-33-28-15)25-21(32)30-10-1-4-17(30)19-9(5-10)6-18(31)26-27-19/h2-3,6-8,10,17H,1,4-5H2,(H,25,32)(H,26,31)/t10-,17+/m0/s1. The molecule has 10 nitrogen and oxygen atoms in total. The van der Waals surface area contributed by atoms with Crippen LogP contribution in [0, 0.1) is 5.82 Å². The van der Waals surface area contributed by atoms with Crippen molar-refractivity contribution in [2.45, 2.75) is 31.3 Å². The molecular weight excluding hydrogens is 453 g/mol. The number of carbonyl (C=O) groups excluding carboxylic acids is 1. The van der Waals surface area contributed by atoms with Crippen LogP contribution in [-0.2, 0) is 6.42 Å². The van der Waals surface area contributed by atoms with E-state index in [-0.39, 0.29) is 34.0 Å². The van der Waals surface area contributed by atoms with Crippen LogP contribution in [0.15, 0.2) is 39.8 Å². The zero-order chi connectivity index (χ0) is 22.7. The lowest BCUT2D eigenvalue weighted by molar-refractivity contribution is 0.177. The highest BCUT2D eigenvalue weighted by Crippen LogP contribution is 2.42. The molecule has 0 spiro atoms. The molecule has 4 aromatic rings. The van der Waals surface area contributed by atoms with Gasteiger partial charge in [0.15, 0.2) is 5.52 Å². The summed E-state index contributed by atoms with van der Waals surface area (Å²) < 4.78 is 19.6. The van der Waals surface area contributed by atoms with Crippen LogP contribution in [0.2, 0.25) is 5.02 Å². The first kappa shape index (κ1) is 19.8. The van der Waals surface area contributed by atoms with Crippen molar-refractivity contribution >= 4 is 34.5 Å². The number of aromatic nitrogens is 5. The van der Waals surface area contributed by atoms with Crippen LogP contribution >= 0.6 is 11.6 Å². The third kappa shape index (κ3) is 3.23. The summed E-state index contributed by atoms with van der Waals surface area (Å²) >= 11 is 6.41. The number of benzene rings is 1. The van der Waals surface area contributed by atoms with Gasteiger partial charge >= 0.3 is 6.03 Å². The lowest BCUT2D eigenvalue weighted by Crippen LogP contribution is -2.45. The molecule has 2 N–H and O–H groups in total. The first-order chi connectivity index (χ1) is 16.0. The van der Waals surface area contributed by atoms with Crippen LogP contribution in [-0.4, -0.2) is 42.5 Å². The predicted octanol–water partition coefficient (Wildman–Crippen LogP) is 3.45. The number of fused-ring (bicyclic) bond motifs is 5. The Kier molecular flexibility index (Phi) is 4.40. The SMILES string of the molecule is O=C(Nc1cc(Cl)c(-c2ccc3nonc3n2)cc1F)N1[C@H]2CC[C@@H]1c1n[nH]c(=O)cc1C2. The number of nitrogens with one attached hydrogen (secondary N) is 2. The molecule has 6 rings (SSSR count). The largest absolute Gasteiger partial charge is 0.322 e. The summed E-state index contributed by atoms with van der Waals surface area (Å²) in [5.41, 5.74) is 2.70. The Hall–Kier alpha value is -3.86. The molecule has 1 fully saturated rings. The van der Waals surface area contributed by atoms with Gasteiger partial charge in [0.1, 0.15) is 5.82 Å². The molecule has 166 valence electrons. The molecular formula is C21H15ClFN7O3. The molecule has 5 heterocycles. The van der Waals surface area contributed by atoms with Crippen molar-refractivity contribution in [3.05, 3.63) is 62.8 Å². The number of urea groups is 1. The molecule has 2 atom stereocenters. The number of amides is 2. The summed E-state index contributed by atoms with van der Waals surface area (Å²) in [6.07, 6.45) is 2.02. The van der Waals surface area contributed by atoms with Crippen LogP contribution in [0.5, 0.6) is 0 Å². The summed E-state index contributed by atoms with van der Waals surface area (Å²) in [7, 11) is 0. The van der Waals surface area contributed by atoms with Crippen molar-refractivity contribution < 1.29 is 13.8 Å². The summed E-state index contributed by atoms with van der Waals surface area (Å²) in [6.45, 7) is 0. The summed E-state index contributed by atoms with van der Waals surface area (Å²) in [5, 5.41) is 16.8. The van der Waals surface area contributed by atoms with Crippen molar-refractivity contribution in [3.63, 3.8) is 0 Å². The maximum absolute atomic E-state index is 15.0. The third-order valence-corrected chi connectivity index (χ3v) is 6.44. The van der Waals surface area contributed by atoms with Gasteiger partial charge in [-0.1, -0.05) is 11.6 Å². The second-order valence-electron chi connectivity index (χ2n) is 8.05. The highest BCUT2D eigenvalue weighted by Gasteiger charge is 2.44. The molecule has 0 aliphatic carbocycles. The number of aromatic amines is 1. The van der Waals surface area contributed by atoms with E-state index < -0.39 is 11.8 Å². The van der Waals surface area contributed by atoms with E-state index >= 15 is 0 Å². The fourth-order valence-corrected chi connectivity index (χ4v) is 4.93. The molecule has 0 radical (unpaired) electrons. The fraction of sp³-hybridized carbons (Fsp3) is 0.238. The van der Waals surface area contributed by atoms with Crippen molar-refractivity contribution in [3.8, 4) is 11.3 Å². The van der Waals surface area contributed by atoms with Crippen LogP contribution < -0.4 is 10.9 Å². The predicted molar refractivity (Wildman–Crippen MR) is 115 cm³/mol. The molecule has 1 saturated heterocycles. The molecule has 12 heteroatoms. The third-order valence-electron chi connectivity index (χ3n) is 6.12. The number of hydrogen-bond donors (Lipinski definition) is 2. The Morgan fingerprint density at radius 3 is 3.00 bits per heavy atom. The van der Waals surface area contributed by atoms with Gasteiger partial charge in [-0.2, -0.15) is 5.10 Å². The number of hydrogen-bond acceptors (Lipinski definition) is 7. The quantitative estimate of drug-likeness (QED) is 0.461. The molecule has 0 saturated carbocycles. The number of H-pyrrole nitrogens is 1. The van der Waals surface area contributed by atoms with E-state index in [0.29, 0.717) is 28.9 Å². The van der Waals surface area contributed by atoms with Gasteiger partial charge in [0.05, 0.1) is 28.1 Å². The maximum Gasteiger partial charge on any atom is 0.322 e. The molecule has 2 aliphatic rings. The molecule has 2 amide bonds. The summed E-state index contributed by atoms with van der Waals surface area (Å²) in [4.78, 5) is 30.7. The first-order valence-electron chi connectivity index (χ1n) is 10.2. The number of nitrogens with zero attached hydrogens (tertiary/aromatic N) is 5. The number of rotatable bonds is 2. The average molecular weight is 468 g/mol. The fourth-order valence-electron chi connectivity index (χ4n) is 4.67. The van der Waals surface area contributed by atoms with Crippen molar-refractivity contribution in [2.24, 2.45) is 0 Å². The van der Waals surface area contributed by atoms with Gasteiger partial charge in [-0.15, -0.1) is 0 Å². The van der Waals surface area contributed by atoms with Crippen molar-refractivity contribution in [1.29, 1.82) is 0 Å². The van der Waals surface area contributed by atoms with Crippen LogP contribution in [0.25, 0.3) is 22.4 Å². The number of carbonyl (C=O) groups is 1. The number of halogens is 2. The zero-order valence-corrected chi connectivity index (χ0v) is 17.6. The van der Waals surface area contributed by atoms with E-state index in [1.54, 1.807) is 17.0 Å². The van der Waals surface area contributed by atoms with Crippen molar-refractivity contribution in [2.75, 3.05) is 5.32 Å². The number of pyridine rings is 1. The second kappa shape index (κ2) is 7.34. The highest BCUT2D eigenvalue weighted by molar-refractivity contribution is 6.33. The minimum absolute atomic E-state index is 0.0439. The zero-order valence-electron chi connectivity index (χ0n) is 16.9. The smallest absolute Gasteiger partial charge is 0.313 e. The van der Waals surface area contributed by atoms with Gasteiger partial charge in [0.2, 0.25) is 5.65 Å². The second-order valence-corrected chi connectivity index (χ2v) is 8.45. The van der Waals surface area contributed by atoms with Crippen LogP contribution in [0.4, 0.5) is 14.9 Å². The Morgan fingerprint density at radius 1 is 1.24 bits per heavy atom. The highest BCUT2D eigenvalue weighted by atomic mass is 35.5. The molecule has 33 heavy (non-hydrogen) atoms. The minimum atomic E-state index is -0.657. The molecule has 1 aromatic carbocycles. The Bertz CT molecular complexity index is 1490. The van der Waals surface area contributed by atoms with Crippen molar-refractivity contribution in [1.82, 2.24) is 30.4 Å².